The van der Waals surface area contributed by atoms with Crippen molar-refractivity contribution in [3.05, 3.63) is 0 Å². The number of hydrogen-bond acceptors (Lipinski definition) is 2. The first-order chi connectivity index (χ1) is 3.72. The number of rotatable bonds is 3. The SMILES string of the molecule is CCC(CC)C([O-])=S.[Na+]. The fraction of sp³-hybridized carbons (Fsp3) is 0.833. The van der Waals surface area contributed by atoms with Gasteiger partial charge in [0.15, 0.2) is 0 Å². The van der Waals surface area contributed by atoms with Crippen LogP contribution in [-0.2, 0) is 0 Å². The molecule has 9 heavy (non-hydrogen) atoms. The van der Waals surface area contributed by atoms with Crippen molar-refractivity contribution in [1.29, 1.82) is 0 Å². The molecule has 0 aromatic heterocycles. The summed E-state index contributed by atoms with van der Waals surface area (Å²) in [5.74, 6) is 0.130. The van der Waals surface area contributed by atoms with Crippen LogP contribution in [0.5, 0.6) is 0 Å². The topological polar surface area (TPSA) is 23.1 Å². The molecule has 0 bridgehead atoms. The van der Waals surface area contributed by atoms with Crippen LogP contribution in [0, 0.1) is 5.92 Å². The minimum absolute atomic E-state index is 0. The van der Waals surface area contributed by atoms with Crippen LogP contribution in [0.2, 0.25) is 0 Å². The van der Waals surface area contributed by atoms with Gasteiger partial charge in [-0.1, -0.05) is 18.9 Å². The maximum Gasteiger partial charge on any atom is 1.00 e. The van der Waals surface area contributed by atoms with Crippen molar-refractivity contribution < 1.29 is 34.7 Å². The average molecular weight is 154 g/mol. The normalized spacial score (nSPS) is 8.78. The smallest absolute Gasteiger partial charge is 0.867 e. The second kappa shape index (κ2) is 7.00. The molecule has 0 radical (unpaired) electrons. The minimum Gasteiger partial charge on any atom is -0.867 e. The fourth-order valence-corrected chi connectivity index (χ4v) is 0.955. The van der Waals surface area contributed by atoms with E-state index in [2.05, 4.69) is 12.2 Å². The summed E-state index contributed by atoms with van der Waals surface area (Å²) in [7, 11) is 0. The average Bonchev–Trinajstić information content (AvgIpc) is 1.69. The predicted molar refractivity (Wildman–Crippen MR) is 36.7 cm³/mol. The molecule has 0 aliphatic heterocycles. The molecule has 48 valence electrons. The Bertz CT molecular complexity index is 81.1. The zero-order chi connectivity index (χ0) is 6.57. The first-order valence-electron chi connectivity index (χ1n) is 2.93. The summed E-state index contributed by atoms with van der Waals surface area (Å²) in [6, 6.07) is 0. The number of thiocarbonyl (C=S) groups is 1. The van der Waals surface area contributed by atoms with Crippen molar-refractivity contribution in [3.63, 3.8) is 0 Å². The molecule has 3 heteroatoms. The van der Waals surface area contributed by atoms with E-state index in [1.807, 2.05) is 13.8 Å². The Kier molecular flexibility index (Phi) is 9.77. The molecule has 0 N–H and O–H groups in total. The van der Waals surface area contributed by atoms with E-state index < -0.39 is 0 Å². The Morgan fingerprint density at radius 2 is 1.78 bits per heavy atom. The molecule has 0 saturated heterocycles. The van der Waals surface area contributed by atoms with E-state index in [4.69, 9.17) is 0 Å². The van der Waals surface area contributed by atoms with Gasteiger partial charge in [-0.25, -0.2) is 0 Å². The third-order valence-corrected chi connectivity index (χ3v) is 1.65. The summed E-state index contributed by atoms with van der Waals surface area (Å²) >= 11 is 4.46. The van der Waals surface area contributed by atoms with Gasteiger partial charge in [0.25, 0.3) is 0 Å². The van der Waals surface area contributed by atoms with Crippen LogP contribution in [0.15, 0.2) is 0 Å². The summed E-state index contributed by atoms with van der Waals surface area (Å²) < 4.78 is 0. The Morgan fingerprint density at radius 3 is 1.78 bits per heavy atom. The van der Waals surface area contributed by atoms with Gasteiger partial charge in [-0.3, -0.25) is 0 Å². The maximum absolute atomic E-state index is 10.4. The Labute approximate surface area is 84.1 Å². The first kappa shape index (κ1) is 12.6. The maximum atomic E-state index is 10.4. The van der Waals surface area contributed by atoms with Crippen molar-refractivity contribution >= 4 is 17.3 Å². The van der Waals surface area contributed by atoms with E-state index >= 15 is 0 Å². The molecule has 0 heterocycles. The summed E-state index contributed by atoms with van der Waals surface area (Å²) in [5, 5.41) is 10.3. The molecule has 0 atom stereocenters. The molecule has 0 aromatic carbocycles. The Balaban J connectivity index is 0. The summed E-state index contributed by atoms with van der Waals surface area (Å²) in [4.78, 5) is 0. The molecule has 0 spiro atoms. The van der Waals surface area contributed by atoms with Gasteiger partial charge in [0.1, 0.15) is 0 Å². The van der Waals surface area contributed by atoms with Gasteiger partial charge in [-0.2, -0.15) is 0 Å². The minimum atomic E-state index is -0.0880. The third-order valence-electron chi connectivity index (χ3n) is 1.32. The van der Waals surface area contributed by atoms with Crippen molar-refractivity contribution in [2.75, 3.05) is 0 Å². The summed E-state index contributed by atoms with van der Waals surface area (Å²) in [6.45, 7) is 3.97. The van der Waals surface area contributed by atoms with Crippen LogP contribution >= 0.6 is 12.2 Å². The van der Waals surface area contributed by atoms with E-state index in [1.54, 1.807) is 0 Å². The van der Waals surface area contributed by atoms with Crippen LogP contribution in [0.4, 0.5) is 0 Å². The fourth-order valence-electron chi connectivity index (χ4n) is 0.622. The molecule has 0 unspecified atom stereocenters. The Hall–Kier alpha value is 0.890. The Morgan fingerprint density at radius 1 is 1.44 bits per heavy atom. The van der Waals surface area contributed by atoms with E-state index in [9.17, 15) is 5.11 Å². The zero-order valence-corrected chi connectivity index (χ0v) is 9.12. The molecule has 1 nitrogen and oxygen atoms in total. The molecule has 0 aliphatic carbocycles. The second-order valence-electron chi connectivity index (χ2n) is 1.83. The van der Waals surface area contributed by atoms with E-state index in [-0.39, 0.29) is 40.5 Å². The summed E-state index contributed by atoms with van der Waals surface area (Å²) in [6.07, 6.45) is 1.78. The van der Waals surface area contributed by atoms with Crippen molar-refractivity contribution in [1.82, 2.24) is 0 Å². The zero-order valence-electron chi connectivity index (χ0n) is 6.31. The van der Waals surface area contributed by atoms with Gasteiger partial charge in [0.05, 0.1) is 0 Å². The molecule has 0 rings (SSSR count). The van der Waals surface area contributed by atoms with Crippen molar-refractivity contribution in [2.24, 2.45) is 5.92 Å². The largest absolute Gasteiger partial charge is 1.00 e. The third kappa shape index (κ3) is 5.34. The van der Waals surface area contributed by atoms with Crippen LogP contribution in [0.25, 0.3) is 0 Å². The summed E-state index contributed by atoms with van der Waals surface area (Å²) in [5.41, 5.74) is 0. The predicted octanol–water partition coefficient (Wildman–Crippen LogP) is -1.89. The molecule has 0 saturated carbocycles. The molecular formula is C6H11NaOS. The quantitative estimate of drug-likeness (QED) is 0.350. The first-order valence-corrected chi connectivity index (χ1v) is 3.34. The van der Waals surface area contributed by atoms with Crippen molar-refractivity contribution in [2.45, 2.75) is 26.7 Å². The van der Waals surface area contributed by atoms with Gasteiger partial charge in [0, 0.05) is 0 Å². The van der Waals surface area contributed by atoms with Crippen LogP contribution in [-0.4, -0.2) is 5.05 Å². The van der Waals surface area contributed by atoms with Gasteiger partial charge < -0.3 is 5.11 Å². The molecule has 0 aromatic rings. The standard InChI is InChI=1S/C6H12OS.Na/c1-3-5(4-2)6(7)8;/h5H,3-4H2,1-2H3,(H,7,8);/q;+1/p-1. The molecule has 0 amide bonds. The van der Waals surface area contributed by atoms with Gasteiger partial charge in [0.2, 0.25) is 0 Å². The monoisotopic (exact) mass is 154 g/mol. The van der Waals surface area contributed by atoms with Crippen LogP contribution < -0.4 is 34.7 Å². The van der Waals surface area contributed by atoms with Gasteiger partial charge in [-0.05, 0) is 18.8 Å². The van der Waals surface area contributed by atoms with E-state index in [0.717, 1.165) is 12.8 Å². The second-order valence-corrected chi connectivity index (χ2v) is 2.23. The van der Waals surface area contributed by atoms with Crippen molar-refractivity contribution in [3.8, 4) is 0 Å². The molecule has 0 aliphatic rings. The molecular weight excluding hydrogens is 143 g/mol. The number of hydrogen-bond donors (Lipinski definition) is 0. The van der Waals surface area contributed by atoms with E-state index in [0.29, 0.717) is 0 Å². The van der Waals surface area contributed by atoms with Gasteiger partial charge >= 0.3 is 29.6 Å². The molecule has 0 fully saturated rings. The van der Waals surface area contributed by atoms with Crippen LogP contribution in [0.1, 0.15) is 26.7 Å². The van der Waals surface area contributed by atoms with Crippen LogP contribution in [0.3, 0.4) is 0 Å². The van der Waals surface area contributed by atoms with E-state index in [1.165, 1.54) is 0 Å². The van der Waals surface area contributed by atoms with Gasteiger partial charge in [-0.15, -0.1) is 12.2 Å².